The van der Waals surface area contributed by atoms with Crippen molar-refractivity contribution in [2.45, 2.75) is 39.6 Å². The largest absolute Gasteiger partial charge is 0.490 e. The third-order valence-electron chi connectivity index (χ3n) is 3.90. The number of amides is 1. The highest BCUT2D eigenvalue weighted by Crippen LogP contribution is 2.24. The normalized spacial score (nSPS) is 12.5. The molecule has 0 radical (unpaired) electrons. The summed E-state index contributed by atoms with van der Waals surface area (Å²) in [6, 6.07) is 11.4. The number of carbonyl (C=O) groups excluding carboxylic acids is 1. The van der Waals surface area contributed by atoms with Gasteiger partial charge in [-0.25, -0.2) is 0 Å². The van der Waals surface area contributed by atoms with Gasteiger partial charge in [0.05, 0.1) is 11.7 Å². The maximum atomic E-state index is 12.5. The van der Waals surface area contributed by atoms with Crippen molar-refractivity contribution in [1.29, 1.82) is 0 Å². The topological polar surface area (TPSA) is 50.4 Å². The molecule has 1 heterocycles. The van der Waals surface area contributed by atoms with Crippen LogP contribution in [0.4, 0.5) is 0 Å². The van der Waals surface area contributed by atoms with Crippen LogP contribution in [0.1, 0.15) is 40.9 Å². The number of benzene rings is 2. The Morgan fingerprint density at radius 3 is 2.72 bits per heavy atom. The summed E-state index contributed by atoms with van der Waals surface area (Å²) in [6.45, 7) is 6.13. The van der Waals surface area contributed by atoms with Gasteiger partial charge in [-0.15, -0.1) is 12.4 Å². The lowest BCUT2D eigenvalue weighted by Crippen LogP contribution is -2.24. The van der Waals surface area contributed by atoms with E-state index in [0.717, 1.165) is 18.7 Å². The number of halogens is 2. The molecule has 1 amide bonds. The molecule has 0 aromatic heterocycles. The molecule has 3 rings (SSSR count). The summed E-state index contributed by atoms with van der Waals surface area (Å²) in [6.07, 6.45) is -0.0121. The van der Waals surface area contributed by atoms with Crippen LogP contribution in [0.25, 0.3) is 0 Å². The van der Waals surface area contributed by atoms with Crippen molar-refractivity contribution in [2.24, 2.45) is 0 Å². The van der Waals surface area contributed by atoms with Gasteiger partial charge in [0.2, 0.25) is 0 Å². The number of carbonyl (C=O) groups is 1. The number of ether oxygens (including phenoxy) is 1. The first-order valence-corrected chi connectivity index (χ1v) is 8.46. The van der Waals surface area contributed by atoms with E-state index in [2.05, 4.69) is 28.8 Å². The third kappa shape index (κ3) is 4.88. The zero-order valence-corrected chi connectivity index (χ0v) is 15.8. The lowest BCUT2D eigenvalue weighted by molar-refractivity contribution is 0.0945. The van der Waals surface area contributed by atoms with Crippen molar-refractivity contribution in [3.05, 3.63) is 63.7 Å². The van der Waals surface area contributed by atoms with Crippen molar-refractivity contribution in [3.63, 3.8) is 0 Å². The number of nitrogens with one attached hydrogen (secondary N) is 2. The minimum atomic E-state index is -0.188. The molecule has 0 fully saturated rings. The van der Waals surface area contributed by atoms with Crippen molar-refractivity contribution < 1.29 is 9.53 Å². The maximum Gasteiger partial charge on any atom is 0.255 e. The summed E-state index contributed by atoms with van der Waals surface area (Å²) < 4.78 is 5.71. The highest BCUT2D eigenvalue weighted by atomic mass is 35.5. The monoisotopic (exact) mass is 380 g/mol. The SMILES string of the molecule is CC(C)Oc1ccc(Cl)cc1C(=O)NCc1ccc2c(c1)CNC2.Cl. The molecule has 2 aromatic rings. The highest BCUT2D eigenvalue weighted by Gasteiger charge is 2.15. The molecule has 0 spiro atoms. The molecule has 0 atom stereocenters. The average molecular weight is 381 g/mol. The molecule has 2 aromatic carbocycles. The molecule has 0 unspecified atom stereocenters. The van der Waals surface area contributed by atoms with Crippen LogP contribution in [0, 0.1) is 0 Å². The van der Waals surface area contributed by atoms with E-state index in [9.17, 15) is 4.79 Å². The highest BCUT2D eigenvalue weighted by molar-refractivity contribution is 6.31. The Balaban J connectivity index is 0.00000225. The van der Waals surface area contributed by atoms with Gasteiger partial charge in [-0.05, 0) is 48.7 Å². The van der Waals surface area contributed by atoms with Crippen LogP contribution in [0.2, 0.25) is 5.02 Å². The zero-order chi connectivity index (χ0) is 17.1. The van der Waals surface area contributed by atoms with Gasteiger partial charge in [0.15, 0.2) is 0 Å². The fourth-order valence-electron chi connectivity index (χ4n) is 2.77. The molecule has 134 valence electrons. The number of hydrogen-bond donors (Lipinski definition) is 2. The van der Waals surface area contributed by atoms with Gasteiger partial charge in [0.25, 0.3) is 5.91 Å². The summed E-state index contributed by atoms with van der Waals surface area (Å²) in [7, 11) is 0. The van der Waals surface area contributed by atoms with E-state index in [1.54, 1.807) is 18.2 Å². The molecule has 1 aliphatic rings. The molecule has 0 bridgehead atoms. The Kier molecular flexibility index (Phi) is 6.71. The van der Waals surface area contributed by atoms with Gasteiger partial charge in [-0.1, -0.05) is 29.8 Å². The number of fused-ring (bicyclic) bond motifs is 1. The molecular formula is C19H22Cl2N2O2. The molecule has 4 nitrogen and oxygen atoms in total. The Morgan fingerprint density at radius 2 is 1.96 bits per heavy atom. The molecule has 0 saturated carbocycles. The summed E-state index contributed by atoms with van der Waals surface area (Å²) >= 11 is 6.04. The lowest BCUT2D eigenvalue weighted by Gasteiger charge is -2.14. The summed E-state index contributed by atoms with van der Waals surface area (Å²) in [5.41, 5.74) is 4.17. The van der Waals surface area contributed by atoms with Gasteiger partial charge < -0.3 is 15.4 Å². The van der Waals surface area contributed by atoms with Crippen LogP contribution in [-0.4, -0.2) is 12.0 Å². The predicted octanol–water partition coefficient (Wildman–Crippen LogP) is 4.08. The summed E-state index contributed by atoms with van der Waals surface area (Å²) in [4.78, 5) is 12.5. The van der Waals surface area contributed by atoms with Gasteiger partial charge >= 0.3 is 0 Å². The fraction of sp³-hybridized carbons (Fsp3) is 0.316. The molecule has 0 aliphatic carbocycles. The number of rotatable bonds is 5. The first-order valence-electron chi connectivity index (χ1n) is 8.09. The summed E-state index contributed by atoms with van der Waals surface area (Å²) in [5.74, 6) is 0.358. The second-order valence-electron chi connectivity index (χ2n) is 6.20. The molecule has 6 heteroatoms. The van der Waals surface area contributed by atoms with Crippen molar-refractivity contribution in [3.8, 4) is 5.75 Å². The standard InChI is InChI=1S/C19H21ClN2O2.ClH/c1-12(2)24-18-6-5-16(20)8-17(18)19(23)22-9-13-3-4-14-10-21-11-15(14)7-13;/h3-8,12,21H,9-11H2,1-2H3,(H,22,23);1H. The van der Waals surface area contributed by atoms with Crippen LogP contribution >= 0.6 is 24.0 Å². The van der Waals surface area contributed by atoms with E-state index in [1.165, 1.54) is 11.1 Å². The van der Waals surface area contributed by atoms with Crippen LogP contribution in [-0.2, 0) is 19.6 Å². The Morgan fingerprint density at radius 1 is 1.20 bits per heavy atom. The minimum absolute atomic E-state index is 0. The van der Waals surface area contributed by atoms with E-state index in [1.807, 2.05) is 13.8 Å². The van der Waals surface area contributed by atoms with Gasteiger partial charge in [0.1, 0.15) is 5.75 Å². The van der Waals surface area contributed by atoms with Crippen molar-refractivity contribution >= 4 is 29.9 Å². The maximum absolute atomic E-state index is 12.5. The van der Waals surface area contributed by atoms with E-state index in [-0.39, 0.29) is 24.4 Å². The molecule has 0 saturated heterocycles. The smallest absolute Gasteiger partial charge is 0.255 e. The lowest BCUT2D eigenvalue weighted by atomic mass is 10.1. The second kappa shape index (κ2) is 8.56. The van der Waals surface area contributed by atoms with E-state index >= 15 is 0 Å². The van der Waals surface area contributed by atoms with Crippen LogP contribution < -0.4 is 15.4 Å². The van der Waals surface area contributed by atoms with E-state index in [4.69, 9.17) is 16.3 Å². The minimum Gasteiger partial charge on any atom is -0.490 e. The molecule has 25 heavy (non-hydrogen) atoms. The molecule has 1 aliphatic heterocycles. The second-order valence-corrected chi connectivity index (χ2v) is 6.63. The third-order valence-corrected chi connectivity index (χ3v) is 4.14. The zero-order valence-electron chi connectivity index (χ0n) is 14.3. The predicted molar refractivity (Wildman–Crippen MR) is 103 cm³/mol. The number of hydrogen-bond acceptors (Lipinski definition) is 3. The first-order chi connectivity index (χ1) is 11.5. The Hall–Kier alpha value is -1.75. The fourth-order valence-corrected chi connectivity index (χ4v) is 2.94. The van der Waals surface area contributed by atoms with Crippen LogP contribution in [0.15, 0.2) is 36.4 Å². The van der Waals surface area contributed by atoms with E-state index in [0.29, 0.717) is 22.9 Å². The average Bonchev–Trinajstić information content (AvgIpc) is 3.01. The van der Waals surface area contributed by atoms with Crippen LogP contribution in [0.3, 0.4) is 0 Å². The molecule has 2 N–H and O–H groups in total. The van der Waals surface area contributed by atoms with Gasteiger partial charge in [-0.2, -0.15) is 0 Å². The Bertz CT molecular complexity index is 763. The van der Waals surface area contributed by atoms with E-state index < -0.39 is 0 Å². The van der Waals surface area contributed by atoms with Crippen molar-refractivity contribution in [1.82, 2.24) is 10.6 Å². The Labute approximate surface area is 159 Å². The van der Waals surface area contributed by atoms with Crippen LogP contribution in [0.5, 0.6) is 5.75 Å². The quantitative estimate of drug-likeness (QED) is 0.821. The summed E-state index contributed by atoms with van der Waals surface area (Å²) in [5, 5.41) is 6.78. The van der Waals surface area contributed by atoms with Gasteiger partial charge in [0, 0.05) is 24.7 Å². The van der Waals surface area contributed by atoms with Crippen molar-refractivity contribution in [2.75, 3.05) is 0 Å². The van der Waals surface area contributed by atoms with Gasteiger partial charge in [-0.3, -0.25) is 4.79 Å². The molecular weight excluding hydrogens is 359 g/mol. The first kappa shape index (κ1) is 19.6.